The van der Waals surface area contributed by atoms with Gasteiger partial charge in [0.1, 0.15) is 5.82 Å². The van der Waals surface area contributed by atoms with Crippen molar-refractivity contribution in [2.45, 2.75) is 45.6 Å². The molecule has 5 heteroatoms. The standard InChI is InChI=1S/C24H27N3O2/c1-4-17-12-14-19(15-13-17)27-22(16(2)26(3)23(28)18-8-7-9-18)25-21-11-6-5-10-20(21)24(27)29/h5-6,10-16,18H,4,7-9H2,1-3H3. The summed E-state index contributed by atoms with van der Waals surface area (Å²) in [6.07, 6.45) is 3.95. The van der Waals surface area contributed by atoms with E-state index in [0.29, 0.717) is 16.7 Å². The van der Waals surface area contributed by atoms with Gasteiger partial charge in [-0.25, -0.2) is 4.98 Å². The predicted molar refractivity (Wildman–Crippen MR) is 115 cm³/mol. The summed E-state index contributed by atoms with van der Waals surface area (Å²) in [5.41, 5.74) is 2.54. The lowest BCUT2D eigenvalue weighted by atomic mass is 9.84. The topological polar surface area (TPSA) is 55.2 Å². The van der Waals surface area contributed by atoms with E-state index >= 15 is 0 Å². The van der Waals surface area contributed by atoms with Crippen molar-refractivity contribution in [1.82, 2.24) is 14.5 Å². The summed E-state index contributed by atoms with van der Waals surface area (Å²) >= 11 is 0. The largest absolute Gasteiger partial charge is 0.336 e. The Hall–Kier alpha value is -2.95. The Kier molecular flexibility index (Phi) is 5.22. The third-order valence-electron chi connectivity index (χ3n) is 6.16. The quantitative estimate of drug-likeness (QED) is 0.655. The number of hydrogen-bond donors (Lipinski definition) is 0. The number of para-hydroxylation sites is 1. The van der Waals surface area contributed by atoms with Crippen LogP contribution in [0.15, 0.2) is 53.3 Å². The average molecular weight is 389 g/mol. The highest BCUT2D eigenvalue weighted by Crippen LogP contribution is 2.31. The summed E-state index contributed by atoms with van der Waals surface area (Å²) in [4.78, 5) is 32.8. The first-order chi connectivity index (χ1) is 14.0. The monoisotopic (exact) mass is 389 g/mol. The molecule has 1 heterocycles. The van der Waals surface area contributed by atoms with Crippen LogP contribution in [-0.2, 0) is 11.2 Å². The average Bonchev–Trinajstić information content (AvgIpc) is 2.71. The number of amides is 1. The summed E-state index contributed by atoms with van der Waals surface area (Å²) < 4.78 is 1.66. The van der Waals surface area contributed by atoms with E-state index in [9.17, 15) is 9.59 Å². The molecule has 0 bridgehead atoms. The first-order valence-corrected chi connectivity index (χ1v) is 10.4. The van der Waals surface area contributed by atoms with Crippen LogP contribution in [0.4, 0.5) is 0 Å². The van der Waals surface area contributed by atoms with Crippen LogP contribution in [0.3, 0.4) is 0 Å². The predicted octanol–water partition coefficient (Wildman–Crippen LogP) is 4.27. The molecule has 0 N–H and O–H groups in total. The van der Waals surface area contributed by atoms with Gasteiger partial charge in [0.05, 0.1) is 22.6 Å². The maximum absolute atomic E-state index is 13.4. The van der Waals surface area contributed by atoms with Crippen LogP contribution in [0.1, 0.15) is 50.5 Å². The second-order valence-electron chi connectivity index (χ2n) is 7.90. The van der Waals surface area contributed by atoms with Crippen LogP contribution in [0.25, 0.3) is 16.6 Å². The number of carbonyl (C=O) groups is 1. The highest BCUT2D eigenvalue weighted by molar-refractivity contribution is 5.80. The number of aromatic nitrogens is 2. The molecule has 0 saturated heterocycles. The molecular formula is C24H27N3O2. The molecule has 0 spiro atoms. The molecule has 5 nitrogen and oxygen atoms in total. The van der Waals surface area contributed by atoms with Crippen molar-refractivity contribution >= 4 is 16.8 Å². The molecule has 0 aliphatic heterocycles. The lowest BCUT2D eigenvalue weighted by Crippen LogP contribution is -2.40. The maximum atomic E-state index is 13.4. The van der Waals surface area contributed by atoms with E-state index in [0.717, 1.165) is 31.4 Å². The van der Waals surface area contributed by atoms with Crippen LogP contribution in [0.2, 0.25) is 0 Å². The van der Waals surface area contributed by atoms with Crippen molar-refractivity contribution in [1.29, 1.82) is 0 Å². The van der Waals surface area contributed by atoms with E-state index in [4.69, 9.17) is 4.98 Å². The Morgan fingerprint density at radius 1 is 1.17 bits per heavy atom. The molecule has 1 fully saturated rings. The van der Waals surface area contributed by atoms with Crippen LogP contribution in [0.5, 0.6) is 0 Å². The van der Waals surface area contributed by atoms with Gasteiger partial charge in [-0.15, -0.1) is 0 Å². The van der Waals surface area contributed by atoms with Gasteiger partial charge < -0.3 is 4.90 Å². The lowest BCUT2D eigenvalue weighted by molar-refractivity contribution is -0.139. The zero-order valence-corrected chi connectivity index (χ0v) is 17.3. The van der Waals surface area contributed by atoms with E-state index in [1.54, 1.807) is 15.5 Å². The molecule has 150 valence electrons. The van der Waals surface area contributed by atoms with Gasteiger partial charge in [-0.05, 0) is 56.0 Å². The second kappa shape index (κ2) is 7.82. The fraction of sp³-hybridized carbons (Fsp3) is 0.375. The van der Waals surface area contributed by atoms with Crippen LogP contribution in [-0.4, -0.2) is 27.4 Å². The molecule has 1 saturated carbocycles. The summed E-state index contributed by atoms with van der Waals surface area (Å²) in [5, 5.41) is 0.580. The number of aryl methyl sites for hydroxylation is 1. The van der Waals surface area contributed by atoms with Gasteiger partial charge >= 0.3 is 0 Å². The SMILES string of the molecule is CCc1ccc(-n2c(C(C)N(C)C(=O)C3CCC3)nc3ccccc3c2=O)cc1. The van der Waals surface area contributed by atoms with Crippen LogP contribution in [0, 0.1) is 5.92 Å². The van der Waals surface area contributed by atoms with E-state index in [1.807, 2.05) is 56.4 Å². The highest BCUT2D eigenvalue weighted by atomic mass is 16.2. The van der Waals surface area contributed by atoms with Gasteiger partial charge in [-0.1, -0.05) is 37.6 Å². The molecule has 3 aromatic rings. The number of nitrogens with zero attached hydrogens (tertiary/aromatic N) is 3. The third-order valence-corrected chi connectivity index (χ3v) is 6.16. The summed E-state index contributed by atoms with van der Waals surface area (Å²) in [6.45, 7) is 4.05. The molecular weight excluding hydrogens is 362 g/mol. The number of rotatable bonds is 5. The lowest BCUT2D eigenvalue weighted by Gasteiger charge is -2.33. The molecule has 1 amide bonds. The number of fused-ring (bicyclic) bond motifs is 1. The van der Waals surface area contributed by atoms with Crippen molar-refractivity contribution < 1.29 is 4.79 Å². The number of hydrogen-bond acceptors (Lipinski definition) is 3. The Balaban J connectivity index is 1.86. The van der Waals surface area contributed by atoms with Gasteiger partial charge in [0, 0.05) is 13.0 Å². The molecule has 0 radical (unpaired) electrons. The Labute approximate surface area is 171 Å². The minimum atomic E-state index is -0.314. The Morgan fingerprint density at radius 2 is 1.86 bits per heavy atom. The van der Waals surface area contributed by atoms with E-state index in [-0.39, 0.29) is 23.4 Å². The van der Waals surface area contributed by atoms with Crippen molar-refractivity contribution in [2.24, 2.45) is 5.92 Å². The smallest absolute Gasteiger partial charge is 0.266 e. The Bertz CT molecular complexity index is 1100. The first-order valence-electron chi connectivity index (χ1n) is 10.4. The summed E-state index contributed by atoms with van der Waals surface area (Å²) in [6, 6.07) is 15.1. The van der Waals surface area contributed by atoms with Crippen molar-refractivity contribution in [3.05, 3.63) is 70.3 Å². The molecule has 1 aliphatic carbocycles. The molecule has 1 unspecified atom stereocenters. The maximum Gasteiger partial charge on any atom is 0.266 e. The van der Waals surface area contributed by atoms with Gasteiger partial charge in [0.2, 0.25) is 5.91 Å². The minimum absolute atomic E-state index is 0.104. The number of benzene rings is 2. The number of carbonyl (C=O) groups excluding carboxylic acids is 1. The first kappa shape index (κ1) is 19.4. The van der Waals surface area contributed by atoms with Crippen molar-refractivity contribution in [2.75, 3.05) is 7.05 Å². The van der Waals surface area contributed by atoms with Gasteiger partial charge in [0.25, 0.3) is 5.56 Å². The molecule has 2 aromatic carbocycles. The molecule has 1 atom stereocenters. The van der Waals surface area contributed by atoms with Gasteiger partial charge in [-0.3, -0.25) is 14.2 Å². The fourth-order valence-corrected chi connectivity index (χ4v) is 3.87. The van der Waals surface area contributed by atoms with Crippen LogP contribution < -0.4 is 5.56 Å². The zero-order chi connectivity index (χ0) is 20.5. The fourth-order valence-electron chi connectivity index (χ4n) is 3.87. The third kappa shape index (κ3) is 3.46. The molecule has 1 aromatic heterocycles. The van der Waals surface area contributed by atoms with E-state index in [2.05, 4.69) is 6.92 Å². The zero-order valence-electron chi connectivity index (χ0n) is 17.3. The summed E-state index contributed by atoms with van der Waals surface area (Å²) in [7, 11) is 1.82. The second-order valence-corrected chi connectivity index (χ2v) is 7.90. The van der Waals surface area contributed by atoms with Gasteiger partial charge in [0.15, 0.2) is 0 Å². The van der Waals surface area contributed by atoms with Crippen molar-refractivity contribution in [3.63, 3.8) is 0 Å². The Morgan fingerprint density at radius 3 is 2.48 bits per heavy atom. The summed E-state index contributed by atoms with van der Waals surface area (Å²) in [5.74, 6) is 0.832. The van der Waals surface area contributed by atoms with E-state index in [1.165, 1.54) is 5.56 Å². The van der Waals surface area contributed by atoms with Gasteiger partial charge in [-0.2, -0.15) is 0 Å². The van der Waals surface area contributed by atoms with Crippen molar-refractivity contribution in [3.8, 4) is 5.69 Å². The minimum Gasteiger partial charge on any atom is -0.336 e. The van der Waals surface area contributed by atoms with E-state index < -0.39 is 0 Å². The normalized spacial score (nSPS) is 15.1. The molecule has 1 aliphatic rings. The highest BCUT2D eigenvalue weighted by Gasteiger charge is 2.32. The van der Waals surface area contributed by atoms with Crippen LogP contribution >= 0.6 is 0 Å². The molecule has 4 rings (SSSR count). The molecule has 29 heavy (non-hydrogen) atoms.